The molecule has 4 heterocycles. The van der Waals surface area contributed by atoms with Gasteiger partial charge in [-0.1, -0.05) is 32.4 Å². The number of amides is 4. The van der Waals surface area contributed by atoms with Crippen LogP contribution in [0.2, 0.25) is 0 Å². The van der Waals surface area contributed by atoms with Gasteiger partial charge < -0.3 is 25.0 Å². The molecule has 2 saturated carbocycles. The zero-order chi connectivity index (χ0) is 42.4. The largest absolute Gasteiger partial charge is 0.488 e. The number of alkyl carbamates (subject to hydrolysis) is 1. The number of alkyl halides is 3. The van der Waals surface area contributed by atoms with Gasteiger partial charge in [0.25, 0.3) is 5.91 Å². The number of rotatable bonds is 9. The van der Waals surface area contributed by atoms with Crippen LogP contribution in [0.4, 0.5) is 18.0 Å². The molecule has 7 unspecified atom stereocenters. The molecular formula is C39H51F3N6O8S2. The van der Waals surface area contributed by atoms with Gasteiger partial charge in [0, 0.05) is 35.7 Å². The van der Waals surface area contributed by atoms with Crippen LogP contribution in [0, 0.1) is 24.7 Å². The molecule has 0 bridgehead atoms. The molecule has 2 aliphatic heterocycles. The van der Waals surface area contributed by atoms with E-state index >= 15 is 0 Å². The number of nitrogens with one attached hydrogen (secondary N) is 3. The van der Waals surface area contributed by atoms with Crippen molar-refractivity contribution in [3.8, 4) is 16.5 Å². The number of aryl methyl sites for hydroxylation is 1. The van der Waals surface area contributed by atoms with Crippen molar-refractivity contribution in [1.82, 2.24) is 30.2 Å². The Bertz CT molecular complexity index is 2050. The topological polar surface area (TPSA) is 186 Å². The van der Waals surface area contributed by atoms with Gasteiger partial charge in [-0.15, -0.1) is 11.3 Å². The van der Waals surface area contributed by atoms with E-state index < -0.39 is 85.9 Å². The maximum atomic E-state index is 14.8. The molecule has 2 aromatic heterocycles. The number of ether oxygens (including phenoxy) is 2. The van der Waals surface area contributed by atoms with Gasteiger partial charge in [-0.25, -0.2) is 18.2 Å². The maximum Gasteiger partial charge on any atom is 0.427 e. The Balaban J connectivity index is 1.34. The predicted octanol–water partition coefficient (Wildman–Crippen LogP) is 5.57. The van der Waals surface area contributed by atoms with Crippen LogP contribution >= 0.6 is 11.3 Å². The number of allylic oxidation sites excluding steroid dienone is 1. The molecule has 3 N–H and O–H groups in total. The third-order valence-electron chi connectivity index (χ3n) is 11.8. The van der Waals surface area contributed by atoms with E-state index in [2.05, 4.69) is 25.3 Å². The van der Waals surface area contributed by atoms with Crippen molar-refractivity contribution in [3.63, 3.8) is 0 Å². The maximum absolute atomic E-state index is 14.8. The predicted molar refractivity (Wildman–Crippen MR) is 208 cm³/mol. The van der Waals surface area contributed by atoms with E-state index in [0.717, 1.165) is 5.69 Å². The number of halogens is 3. The van der Waals surface area contributed by atoms with Crippen molar-refractivity contribution in [2.24, 2.45) is 17.8 Å². The quantitative estimate of drug-likeness (QED) is 0.269. The molecule has 2 aromatic rings. The van der Waals surface area contributed by atoms with E-state index in [-0.39, 0.29) is 25.3 Å². The molecule has 318 valence electrons. The van der Waals surface area contributed by atoms with Gasteiger partial charge in [-0.3, -0.25) is 24.1 Å². The van der Waals surface area contributed by atoms with E-state index in [1.807, 2.05) is 25.3 Å². The lowest BCUT2D eigenvalue weighted by atomic mass is 9.85. The third-order valence-corrected chi connectivity index (χ3v) is 14.9. The average molecular weight is 853 g/mol. The first-order valence-electron chi connectivity index (χ1n) is 19.6. The van der Waals surface area contributed by atoms with Gasteiger partial charge in [0.15, 0.2) is 0 Å². The summed E-state index contributed by atoms with van der Waals surface area (Å²) in [6, 6.07) is 0.588. The number of carbonyl (C=O) groups is 4. The van der Waals surface area contributed by atoms with E-state index in [4.69, 9.17) is 9.47 Å². The number of nitrogens with zero attached hydrogens (tertiary/aromatic N) is 3. The molecule has 6 rings (SSSR count). The van der Waals surface area contributed by atoms with E-state index in [1.54, 1.807) is 32.1 Å². The lowest BCUT2D eigenvalue weighted by Crippen LogP contribution is -2.60. The molecule has 0 aromatic carbocycles. The molecule has 1 saturated heterocycles. The summed E-state index contributed by atoms with van der Waals surface area (Å²) < 4.78 is 80.0. The Kier molecular flexibility index (Phi) is 12.0. The molecule has 2 aliphatic carbocycles. The average Bonchev–Trinajstić information content (AvgIpc) is 3.94. The van der Waals surface area contributed by atoms with Crippen molar-refractivity contribution >= 4 is 45.2 Å². The molecule has 19 heteroatoms. The summed E-state index contributed by atoms with van der Waals surface area (Å²) in [6.45, 7) is 8.39. The number of aromatic nitrogens is 2. The number of fused-ring (bicyclic) bond motifs is 2. The first-order valence-corrected chi connectivity index (χ1v) is 21.9. The van der Waals surface area contributed by atoms with Crippen molar-refractivity contribution in [2.75, 3.05) is 6.54 Å². The molecule has 14 nitrogen and oxygen atoms in total. The standard InChI is InChI=1S/C39H51F3N6O8S2/c1-7-24-16-22(2)10-8-9-11-25-19-38(25,34(51)47-58(53,54)37(6)13-14-37)46-31(49)29-18-27(55-26-12-15-43-28(17-26)32-44-23(3)21-57-32)20-48(29)33(50)30(24)45-35(52)56-36(4,5)39(40,41)42/h9,11-12,15,17,21-22,24-25,27,29-30H,7-8,10,13-14,16,18-20H2,1-6H3,(H,45,52)(H,46,49)(H,47,51). The summed E-state index contributed by atoms with van der Waals surface area (Å²) in [4.78, 5) is 66.6. The number of pyridine rings is 1. The van der Waals surface area contributed by atoms with Crippen LogP contribution in [0.5, 0.6) is 5.75 Å². The van der Waals surface area contributed by atoms with Gasteiger partial charge in [-0.05, 0) is 84.1 Å². The Morgan fingerprint density at radius 2 is 1.90 bits per heavy atom. The van der Waals surface area contributed by atoms with Crippen LogP contribution in [0.25, 0.3) is 10.7 Å². The Morgan fingerprint density at radius 3 is 2.53 bits per heavy atom. The highest BCUT2D eigenvalue weighted by Crippen LogP contribution is 2.48. The highest BCUT2D eigenvalue weighted by atomic mass is 32.2. The summed E-state index contributed by atoms with van der Waals surface area (Å²) in [7, 11) is -4.07. The van der Waals surface area contributed by atoms with Crippen molar-refractivity contribution in [2.45, 2.75) is 133 Å². The SMILES string of the molecule is CCC1CC(C)CCC=CC2CC2(C(=O)NS(=O)(=O)C2(C)CC2)NC(=O)C2CC(Oc3ccnc(-c4nc(C)cs4)c3)CN2C(=O)C1NC(=O)OC(C)(C)C(F)(F)F. The summed E-state index contributed by atoms with van der Waals surface area (Å²) in [5.41, 5.74) is -3.16. The first-order chi connectivity index (χ1) is 27.1. The van der Waals surface area contributed by atoms with Gasteiger partial charge in [0.1, 0.15) is 40.2 Å². The lowest BCUT2D eigenvalue weighted by molar-refractivity contribution is -0.244. The van der Waals surface area contributed by atoms with Crippen LogP contribution in [0.15, 0.2) is 35.9 Å². The normalized spacial score (nSPS) is 28.9. The third kappa shape index (κ3) is 9.14. The van der Waals surface area contributed by atoms with Gasteiger partial charge in [-0.2, -0.15) is 13.2 Å². The first kappa shape index (κ1) is 43.3. The molecule has 4 amide bonds. The minimum Gasteiger partial charge on any atom is -0.488 e. The fourth-order valence-corrected chi connectivity index (χ4v) is 9.60. The Hall–Kier alpha value is -4.26. The zero-order valence-corrected chi connectivity index (χ0v) is 35.0. The molecule has 0 spiro atoms. The fourth-order valence-electron chi connectivity index (χ4n) is 7.53. The van der Waals surface area contributed by atoms with Crippen LogP contribution in [-0.4, -0.2) is 93.9 Å². The second-order valence-corrected chi connectivity index (χ2v) is 19.9. The lowest BCUT2D eigenvalue weighted by Gasteiger charge is -2.35. The van der Waals surface area contributed by atoms with E-state index in [1.165, 1.54) is 22.4 Å². The number of hydrogen-bond donors (Lipinski definition) is 3. The Morgan fingerprint density at radius 1 is 1.17 bits per heavy atom. The van der Waals surface area contributed by atoms with Crippen LogP contribution in [0.1, 0.15) is 91.7 Å². The molecule has 3 fully saturated rings. The number of hydrogen-bond acceptors (Lipinski definition) is 11. The minimum absolute atomic E-state index is 0.0242. The van der Waals surface area contributed by atoms with Crippen molar-refractivity contribution < 1.29 is 50.2 Å². The van der Waals surface area contributed by atoms with Crippen LogP contribution < -0.4 is 20.1 Å². The number of sulfonamides is 1. The summed E-state index contributed by atoms with van der Waals surface area (Å²) in [5.74, 6) is -3.16. The highest BCUT2D eigenvalue weighted by Gasteiger charge is 2.63. The second-order valence-electron chi connectivity index (χ2n) is 16.8. The summed E-state index contributed by atoms with van der Waals surface area (Å²) in [6.07, 6.45) is 0.764. The molecule has 0 radical (unpaired) electrons. The fraction of sp³-hybridized carbons (Fsp3) is 0.641. The number of carbonyl (C=O) groups excluding carboxylic acids is 4. The molecular weight excluding hydrogens is 802 g/mol. The smallest absolute Gasteiger partial charge is 0.427 e. The summed E-state index contributed by atoms with van der Waals surface area (Å²) in [5, 5.41) is 7.77. The minimum atomic E-state index is -4.91. The number of thiazole rings is 1. The zero-order valence-electron chi connectivity index (χ0n) is 33.4. The highest BCUT2D eigenvalue weighted by molar-refractivity contribution is 7.91. The van der Waals surface area contributed by atoms with E-state index in [9.17, 15) is 40.8 Å². The van der Waals surface area contributed by atoms with E-state index in [0.29, 0.717) is 68.8 Å². The molecule has 4 aliphatic rings. The van der Waals surface area contributed by atoms with Crippen LogP contribution in [0.3, 0.4) is 0 Å². The van der Waals surface area contributed by atoms with Gasteiger partial charge in [0.2, 0.25) is 27.4 Å². The summed E-state index contributed by atoms with van der Waals surface area (Å²) >= 11 is 1.40. The van der Waals surface area contributed by atoms with Gasteiger partial charge >= 0.3 is 12.3 Å². The second kappa shape index (κ2) is 16.1. The van der Waals surface area contributed by atoms with Crippen molar-refractivity contribution in [1.29, 1.82) is 0 Å². The van der Waals surface area contributed by atoms with Crippen LogP contribution in [-0.2, 0) is 29.1 Å². The van der Waals surface area contributed by atoms with Crippen molar-refractivity contribution in [3.05, 3.63) is 41.6 Å². The Labute approximate surface area is 340 Å². The monoisotopic (exact) mass is 852 g/mol. The molecule has 58 heavy (non-hydrogen) atoms. The molecule has 7 atom stereocenters. The van der Waals surface area contributed by atoms with Gasteiger partial charge in [0.05, 0.1) is 11.3 Å².